The second-order valence-corrected chi connectivity index (χ2v) is 8.92. The predicted molar refractivity (Wildman–Crippen MR) is 119 cm³/mol. The third-order valence-corrected chi connectivity index (χ3v) is 6.55. The Morgan fingerprint density at radius 2 is 1.57 bits per heavy atom. The molecule has 8 heteroatoms. The summed E-state index contributed by atoms with van der Waals surface area (Å²) in [6.45, 7) is 3.75. The van der Waals surface area contributed by atoms with E-state index >= 15 is 0 Å². The van der Waals surface area contributed by atoms with Gasteiger partial charge in [0.2, 0.25) is 0 Å². The molecule has 1 aromatic heterocycles. The molecular weight excluding hydrogens is 443 g/mol. The fraction of sp³-hybridized carbons (Fsp3) is 0.136. The Morgan fingerprint density at radius 3 is 2.10 bits per heavy atom. The van der Waals surface area contributed by atoms with Crippen LogP contribution in [-0.4, -0.2) is 21.8 Å². The molecule has 0 spiro atoms. The van der Waals surface area contributed by atoms with Gasteiger partial charge in [-0.05, 0) is 55.8 Å². The Kier molecular flexibility index (Phi) is 5.40. The minimum Gasteiger partial charge on any atom is -0.507 e. The second-order valence-electron chi connectivity index (χ2n) is 6.87. The zero-order chi connectivity index (χ0) is 21.6. The molecule has 0 radical (unpaired) electrons. The van der Waals surface area contributed by atoms with Crippen LogP contribution < -0.4 is 4.90 Å². The zero-order valence-electron chi connectivity index (χ0n) is 16.0. The number of Topliss-reactive ketones (excluding diaryl/α,β-unsaturated/α-hetero) is 1. The van der Waals surface area contributed by atoms with E-state index in [1.165, 1.54) is 16.2 Å². The monoisotopic (exact) mass is 458 g/mol. The quantitative estimate of drug-likeness (QED) is 0.310. The number of nitrogens with zero attached hydrogens (tertiary/aromatic N) is 2. The number of rotatable bonds is 3. The number of aliphatic hydroxyl groups excluding tert-OH is 1. The van der Waals surface area contributed by atoms with E-state index in [0.717, 1.165) is 10.6 Å². The maximum atomic E-state index is 13.0. The molecule has 152 valence electrons. The van der Waals surface area contributed by atoms with Gasteiger partial charge in [-0.15, -0.1) is 11.3 Å². The molecule has 3 aromatic rings. The molecule has 30 heavy (non-hydrogen) atoms. The van der Waals surface area contributed by atoms with Crippen LogP contribution in [-0.2, 0) is 9.59 Å². The van der Waals surface area contributed by atoms with Crippen molar-refractivity contribution in [2.24, 2.45) is 0 Å². The van der Waals surface area contributed by atoms with Crippen LogP contribution in [0, 0.1) is 13.8 Å². The lowest BCUT2D eigenvalue weighted by Gasteiger charge is -2.23. The van der Waals surface area contributed by atoms with E-state index in [-0.39, 0.29) is 11.3 Å². The van der Waals surface area contributed by atoms with E-state index < -0.39 is 17.7 Å². The number of carbonyl (C=O) groups excluding carboxylic acids is 2. The van der Waals surface area contributed by atoms with Gasteiger partial charge in [-0.2, -0.15) is 0 Å². The van der Waals surface area contributed by atoms with E-state index in [9.17, 15) is 14.7 Å². The predicted octanol–water partition coefficient (Wildman–Crippen LogP) is 5.69. The Labute approximate surface area is 187 Å². The number of ketones is 1. The normalized spacial score (nSPS) is 18.3. The van der Waals surface area contributed by atoms with Crippen molar-refractivity contribution in [3.8, 4) is 0 Å². The van der Waals surface area contributed by atoms with Crippen LogP contribution in [0.2, 0.25) is 10.0 Å². The number of hydrogen-bond donors (Lipinski definition) is 1. The van der Waals surface area contributed by atoms with E-state index in [2.05, 4.69) is 4.98 Å². The molecule has 1 aliphatic heterocycles. The summed E-state index contributed by atoms with van der Waals surface area (Å²) in [7, 11) is 0. The van der Waals surface area contributed by atoms with Crippen LogP contribution in [0.4, 0.5) is 5.13 Å². The molecule has 0 unspecified atom stereocenters. The maximum Gasteiger partial charge on any atom is 0.301 e. The lowest BCUT2D eigenvalue weighted by Crippen LogP contribution is -2.29. The first-order valence-electron chi connectivity index (χ1n) is 9.04. The average molecular weight is 459 g/mol. The summed E-state index contributed by atoms with van der Waals surface area (Å²) >= 11 is 13.3. The Hall–Kier alpha value is -2.67. The maximum absolute atomic E-state index is 13.0. The number of benzene rings is 2. The van der Waals surface area contributed by atoms with Crippen molar-refractivity contribution in [3.05, 3.63) is 85.8 Å². The van der Waals surface area contributed by atoms with E-state index in [4.69, 9.17) is 23.2 Å². The first-order chi connectivity index (χ1) is 14.3. The summed E-state index contributed by atoms with van der Waals surface area (Å²) in [5.74, 6) is -1.77. The standard InChI is InChI=1S/C22H16Cl2N2O3S/c1-11-12(2)30-22(25-11)26-18(13-3-7-15(23)8-4-13)17(20(28)21(26)29)19(27)14-5-9-16(24)10-6-14/h3-10,18,27H,1-2H3/b19-17+/t18-/m0/s1. The van der Waals surface area contributed by atoms with Crippen molar-refractivity contribution in [1.82, 2.24) is 4.98 Å². The molecule has 1 saturated heterocycles. The van der Waals surface area contributed by atoms with Gasteiger partial charge in [-0.3, -0.25) is 14.5 Å². The molecule has 1 fully saturated rings. The van der Waals surface area contributed by atoms with Gasteiger partial charge < -0.3 is 5.11 Å². The van der Waals surface area contributed by atoms with Gasteiger partial charge in [0.15, 0.2) is 5.13 Å². The molecule has 0 bridgehead atoms. The first kappa shape index (κ1) is 20.6. The largest absolute Gasteiger partial charge is 0.507 e. The number of anilines is 1. The number of amides is 1. The molecule has 0 saturated carbocycles. The summed E-state index contributed by atoms with van der Waals surface area (Å²) in [6, 6.07) is 12.4. The minimum absolute atomic E-state index is 0.00449. The number of aromatic nitrogens is 1. The molecule has 1 aliphatic rings. The van der Waals surface area contributed by atoms with Crippen molar-refractivity contribution in [3.63, 3.8) is 0 Å². The van der Waals surface area contributed by atoms with Crippen molar-refractivity contribution in [2.75, 3.05) is 4.90 Å². The first-order valence-corrected chi connectivity index (χ1v) is 10.6. The molecule has 2 heterocycles. The van der Waals surface area contributed by atoms with Crippen LogP contribution >= 0.6 is 34.5 Å². The third kappa shape index (κ3) is 3.51. The minimum atomic E-state index is -0.831. The highest BCUT2D eigenvalue weighted by Crippen LogP contribution is 2.43. The van der Waals surface area contributed by atoms with Crippen molar-refractivity contribution in [1.29, 1.82) is 0 Å². The zero-order valence-corrected chi connectivity index (χ0v) is 18.3. The summed E-state index contributed by atoms with van der Waals surface area (Å²) < 4.78 is 0. The second kappa shape index (κ2) is 7.87. The summed E-state index contributed by atoms with van der Waals surface area (Å²) in [4.78, 5) is 32.8. The highest BCUT2D eigenvalue weighted by atomic mass is 35.5. The molecule has 2 aromatic carbocycles. The van der Waals surface area contributed by atoms with E-state index in [0.29, 0.717) is 26.3 Å². The van der Waals surface area contributed by atoms with Crippen molar-refractivity contribution < 1.29 is 14.7 Å². The Morgan fingerprint density at radius 1 is 1.00 bits per heavy atom. The SMILES string of the molecule is Cc1nc(N2C(=O)C(=O)/C(=C(/O)c3ccc(Cl)cc3)[C@@H]2c2ccc(Cl)cc2)sc1C. The van der Waals surface area contributed by atoms with Crippen LogP contribution in [0.5, 0.6) is 0 Å². The van der Waals surface area contributed by atoms with Gasteiger partial charge in [0.25, 0.3) is 5.78 Å². The molecule has 1 amide bonds. The van der Waals surface area contributed by atoms with Crippen molar-refractivity contribution >= 4 is 57.1 Å². The molecule has 1 N–H and O–H groups in total. The van der Waals surface area contributed by atoms with Gasteiger partial charge in [0, 0.05) is 20.5 Å². The summed E-state index contributed by atoms with van der Waals surface area (Å²) in [5.41, 5.74) is 1.81. The highest BCUT2D eigenvalue weighted by molar-refractivity contribution is 7.16. The van der Waals surface area contributed by atoms with Crippen LogP contribution in [0.15, 0.2) is 54.1 Å². The number of hydrogen-bond acceptors (Lipinski definition) is 5. The van der Waals surface area contributed by atoms with Crippen LogP contribution in [0.25, 0.3) is 5.76 Å². The molecule has 0 aliphatic carbocycles. The number of carbonyl (C=O) groups is 2. The topological polar surface area (TPSA) is 70.5 Å². The smallest absolute Gasteiger partial charge is 0.301 e. The lowest BCUT2D eigenvalue weighted by atomic mass is 9.95. The van der Waals surface area contributed by atoms with Gasteiger partial charge in [-0.25, -0.2) is 4.98 Å². The highest BCUT2D eigenvalue weighted by Gasteiger charge is 2.48. The average Bonchev–Trinajstić information content (AvgIpc) is 3.18. The van der Waals surface area contributed by atoms with Crippen LogP contribution in [0.3, 0.4) is 0 Å². The lowest BCUT2D eigenvalue weighted by molar-refractivity contribution is -0.132. The third-order valence-electron chi connectivity index (χ3n) is 4.97. The fourth-order valence-electron chi connectivity index (χ4n) is 3.31. The fourth-order valence-corrected chi connectivity index (χ4v) is 4.50. The van der Waals surface area contributed by atoms with Gasteiger partial charge in [-0.1, -0.05) is 35.3 Å². The van der Waals surface area contributed by atoms with E-state index in [1.54, 1.807) is 48.5 Å². The summed E-state index contributed by atoms with van der Waals surface area (Å²) in [6.07, 6.45) is 0. The molecule has 4 rings (SSSR count). The van der Waals surface area contributed by atoms with Gasteiger partial charge in [0.1, 0.15) is 5.76 Å². The van der Waals surface area contributed by atoms with Crippen LogP contribution in [0.1, 0.15) is 27.7 Å². The number of halogens is 2. The molecular formula is C22H16Cl2N2O3S. The summed E-state index contributed by atoms with van der Waals surface area (Å²) in [5, 5.41) is 12.4. The number of aliphatic hydroxyl groups is 1. The number of aryl methyl sites for hydroxylation is 2. The van der Waals surface area contributed by atoms with Gasteiger partial charge >= 0.3 is 5.91 Å². The number of thiazole rings is 1. The van der Waals surface area contributed by atoms with Crippen molar-refractivity contribution in [2.45, 2.75) is 19.9 Å². The molecule has 5 nitrogen and oxygen atoms in total. The van der Waals surface area contributed by atoms with Gasteiger partial charge in [0.05, 0.1) is 17.3 Å². The Bertz CT molecular complexity index is 1160. The molecule has 1 atom stereocenters. The Balaban J connectivity index is 1.94. The van der Waals surface area contributed by atoms with E-state index in [1.807, 2.05) is 13.8 Å².